The van der Waals surface area contributed by atoms with Crippen LogP contribution < -0.4 is 0 Å². The van der Waals surface area contributed by atoms with Crippen molar-refractivity contribution in [2.24, 2.45) is 4.36 Å². The van der Waals surface area contributed by atoms with E-state index in [-0.39, 0.29) is 16.5 Å². The Balaban J connectivity index is 3.16. The van der Waals surface area contributed by atoms with Crippen molar-refractivity contribution in [3.8, 4) is 0 Å². The second-order valence-corrected chi connectivity index (χ2v) is 6.65. The summed E-state index contributed by atoms with van der Waals surface area (Å²) in [6, 6.07) is 2.24. The molecular formula is C9H10ClF3N2OS. The first-order valence-electron chi connectivity index (χ1n) is 4.45. The number of halogens is 4. The number of alkyl halides is 3. The standard InChI is InChI=1S/C9H10ClF3N2OS/c1-17(2,16)15-8-4-6(3-7(10)14-8)5-9(11,12)13/h3-4H,5H2,1-2H3. The van der Waals surface area contributed by atoms with Crippen molar-refractivity contribution < 1.29 is 17.4 Å². The fourth-order valence-electron chi connectivity index (χ4n) is 1.14. The molecule has 0 aliphatic rings. The second-order valence-electron chi connectivity index (χ2n) is 3.72. The zero-order valence-corrected chi connectivity index (χ0v) is 10.7. The van der Waals surface area contributed by atoms with Crippen LogP contribution in [0.15, 0.2) is 16.5 Å². The first-order chi connectivity index (χ1) is 7.55. The molecule has 17 heavy (non-hydrogen) atoms. The molecule has 0 fully saturated rings. The zero-order valence-electron chi connectivity index (χ0n) is 9.08. The minimum absolute atomic E-state index is 0.0493. The predicted molar refractivity (Wildman–Crippen MR) is 61.1 cm³/mol. The third-order valence-corrected chi connectivity index (χ3v) is 2.38. The highest BCUT2D eigenvalue weighted by Crippen LogP contribution is 2.25. The van der Waals surface area contributed by atoms with Gasteiger partial charge in [-0.15, -0.1) is 0 Å². The fraction of sp³-hybridized carbons (Fsp3) is 0.444. The number of hydrogen-bond donors (Lipinski definition) is 0. The molecule has 0 spiro atoms. The SMILES string of the molecule is CS(C)(=O)=Nc1cc(CC(F)(F)F)cc(Cl)n1. The maximum atomic E-state index is 12.2. The van der Waals surface area contributed by atoms with Crippen LogP contribution in [0.5, 0.6) is 0 Å². The maximum Gasteiger partial charge on any atom is 0.393 e. The number of rotatable bonds is 2. The number of pyridine rings is 1. The quantitative estimate of drug-likeness (QED) is 0.784. The summed E-state index contributed by atoms with van der Waals surface area (Å²) >= 11 is 5.58. The van der Waals surface area contributed by atoms with E-state index in [9.17, 15) is 17.4 Å². The van der Waals surface area contributed by atoms with Crippen molar-refractivity contribution in [2.45, 2.75) is 12.6 Å². The molecule has 3 nitrogen and oxygen atoms in total. The van der Waals surface area contributed by atoms with Crippen LogP contribution in [0.1, 0.15) is 5.56 Å². The van der Waals surface area contributed by atoms with Gasteiger partial charge in [0.2, 0.25) is 0 Å². The predicted octanol–water partition coefficient (Wildman–Crippen LogP) is 3.20. The molecule has 1 aromatic heterocycles. The Morgan fingerprint density at radius 1 is 1.41 bits per heavy atom. The Morgan fingerprint density at radius 3 is 2.47 bits per heavy atom. The van der Waals surface area contributed by atoms with Gasteiger partial charge in [0.15, 0.2) is 5.82 Å². The van der Waals surface area contributed by atoms with E-state index < -0.39 is 22.3 Å². The Morgan fingerprint density at radius 2 is 2.00 bits per heavy atom. The first-order valence-corrected chi connectivity index (χ1v) is 7.16. The lowest BCUT2D eigenvalue weighted by atomic mass is 10.2. The summed E-state index contributed by atoms with van der Waals surface area (Å²) in [6.07, 6.45) is -2.73. The van der Waals surface area contributed by atoms with Crippen LogP contribution in [0.4, 0.5) is 19.0 Å². The molecule has 8 heteroatoms. The molecule has 0 aliphatic heterocycles. The molecule has 0 aromatic carbocycles. The van der Waals surface area contributed by atoms with Gasteiger partial charge in [0.1, 0.15) is 5.15 Å². The van der Waals surface area contributed by atoms with E-state index in [0.29, 0.717) is 0 Å². The van der Waals surface area contributed by atoms with E-state index in [1.54, 1.807) is 0 Å². The highest BCUT2D eigenvalue weighted by molar-refractivity contribution is 7.92. The summed E-state index contributed by atoms with van der Waals surface area (Å²) in [5.41, 5.74) is -0.0556. The molecule has 0 saturated heterocycles. The topological polar surface area (TPSA) is 42.3 Å². The van der Waals surface area contributed by atoms with E-state index in [4.69, 9.17) is 11.6 Å². The van der Waals surface area contributed by atoms with Crippen molar-refractivity contribution in [2.75, 3.05) is 12.5 Å². The van der Waals surface area contributed by atoms with Crippen LogP contribution in [0.3, 0.4) is 0 Å². The van der Waals surface area contributed by atoms with E-state index in [0.717, 1.165) is 12.1 Å². The van der Waals surface area contributed by atoms with Gasteiger partial charge in [-0.2, -0.15) is 17.5 Å². The van der Waals surface area contributed by atoms with Gasteiger partial charge in [-0.1, -0.05) is 11.6 Å². The lowest BCUT2D eigenvalue weighted by molar-refractivity contribution is -0.127. The van der Waals surface area contributed by atoms with Crippen molar-refractivity contribution in [1.29, 1.82) is 0 Å². The normalized spacial score (nSPS) is 12.6. The second kappa shape index (κ2) is 4.81. The monoisotopic (exact) mass is 286 g/mol. The molecule has 1 aromatic rings. The smallest absolute Gasteiger partial charge is 0.250 e. The average molecular weight is 287 g/mol. The molecule has 1 rings (SSSR count). The van der Waals surface area contributed by atoms with Gasteiger partial charge in [-0.3, -0.25) is 0 Å². The van der Waals surface area contributed by atoms with Crippen LogP contribution >= 0.6 is 11.6 Å². The van der Waals surface area contributed by atoms with Gasteiger partial charge in [0, 0.05) is 22.2 Å². The first kappa shape index (κ1) is 14.2. The van der Waals surface area contributed by atoms with Crippen molar-refractivity contribution in [3.63, 3.8) is 0 Å². The number of aromatic nitrogens is 1. The third kappa shape index (κ3) is 5.88. The van der Waals surface area contributed by atoms with Gasteiger partial charge in [0.25, 0.3) is 0 Å². The van der Waals surface area contributed by atoms with Gasteiger partial charge >= 0.3 is 6.18 Å². The zero-order chi connectivity index (χ0) is 13.3. The Labute approximate surface area is 102 Å². The van der Waals surface area contributed by atoms with Crippen molar-refractivity contribution >= 4 is 27.1 Å². The molecule has 1 heterocycles. The van der Waals surface area contributed by atoms with Gasteiger partial charge in [0.05, 0.1) is 6.42 Å². The fourth-order valence-corrected chi connectivity index (χ4v) is 1.91. The molecule has 0 radical (unpaired) electrons. The summed E-state index contributed by atoms with van der Waals surface area (Å²) in [4.78, 5) is 3.70. The van der Waals surface area contributed by atoms with Gasteiger partial charge in [-0.25, -0.2) is 9.19 Å². The summed E-state index contributed by atoms with van der Waals surface area (Å²) < 4.78 is 51.7. The molecule has 0 unspecified atom stereocenters. The molecular weight excluding hydrogens is 277 g/mol. The van der Waals surface area contributed by atoms with Crippen LogP contribution in [0.25, 0.3) is 0 Å². The molecule has 0 aliphatic carbocycles. The molecule has 96 valence electrons. The summed E-state index contributed by atoms with van der Waals surface area (Å²) in [5, 5.41) is -0.103. The molecule has 0 saturated carbocycles. The number of hydrogen-bond acceptors (Lipinski definition) is 3. The minimum Gasteiger partial charge on any atom is -0.250 e. The van der Waals surface area contributed by atoms with Crippen LogP contribution in [-0.4, -0.2) is 27.9 Å². The highest BCUT2D eigenvalue weighted by Gasteiger charge is 2.28. The minimum atomic E-state index is -4.33. The Hall–Kier alpha value is -0.820. The molecule has 0 atom stereocenters. The summed E-state index contributed by atoms with van der Waals surface area (Å²) in [5.74, 6) is -0.0493. The maximum absolute atomic E-state index is 12.2. The van der Waals surface area contributed by atoms with E-state index in [1.807, 2.05) is 0 Å². The number of nitrogens with zero attached hydrogens (tertiary/aromatic N) is 2. The van der Waals surface area contributed by atoms with Crippen molar-refractivity contribution in [1.82, 2.24) is 4.98 Å². The van der Waals surface area contributed by atoms with Gasteiger partial charge < -0.3 is 0 Å². The van der Waals surface area contributed by atoms with Crippen LogP contribution in [0.2, 0.25) is 5.15 Å². The van der Waals surface area contributed by atoms with Crippen LogP contribution in [0, 0.1) is 0 Å². The Kier molecular flexibility index (Phi) is 4.03. The van der Waals surface area contributed by atoms with Crippen molar-refractivity contribution in [3.05, 3.63) is 22.8 Å². The Bertz CT molecular complexity index is 528. The van der Waals surface area contributed by atoms with E-state index >= 15 is 0 Å². The average Bonchev–Trinajstić information content (AvgIpc) is 1.93. The molecule has 0 N–H and O–H groups in total. The lowest BCUT2D eigenvalue weighted by Gasteiger charge is -2.07. The summed E-state index contributed by atoms with van der Waals surface area (Å²) in [6.45, 7) is 0. The van der Waals surface area contributed by atoms with E-state index in [2.05, 4.69) is 9.35 Å². The third-order valence-electron chi connectivity index (χ3n) is 1.56. The van der Waals surface area contributed by atoms with Crippen LogP contribution in [-0.2, 0) is 16.1 Å². The largest absolute Gasteiger partial charge is 0.393 e. The molecule has 0 bridgehead atoms. The molecule has 0 amide bonds. The lowest BCUT2D eigenvalue weighted by Crippen LogP contribution is -2.11. The highest BCUT2D eigenvalue weighted by atomic mass is 35.5. The van der Waals surface area contributed by atoms with Gasteiger partial charge in [-0.05, 0) is 17.7 Å². The van der Waals surface area contributed by atoms with E-state index in [1.165, 1.54) is 12.5 Å². The summed E-state index contributed by atoms with van der Waals surface area (Å²) in [7, 11) is -2.48.